The third-order valence-corrected chi connectivity index (χ3v) is 5.90. The number of hydrogen-bond donors (Lipinski definition) is 0. The van der Waals surface area contributed by atoms with Gasteiger partial charge in [-0.2, -0.15) is 21.0 Å². The molecule has 0 atom stereocenters. The Morgan fingerprint density at radius 1 is 0.964 bits per heavy atom. The Kier molecular flexibility index (Phi) is 4.46. The lowest BCUT2D eigenvalue weighted by atomic mass is 10.2. The number of para-hydroxylation sites is 2. The molecule has 1 saturated heterocycles. The number of fused-ring (bicyclic) bond motifs is 1. The fourth-order valence-corrected chi connectivity index (χ4v) is 4.36. The van der Waals surface area contributed by atoms with Crippen molar-refractivity contribution in [1.29, 1.82) is 0 Å². The van der Waals surface area contributed by atoms with Crippen LogP contribution in [-0.2, 0) is 0 Å². The van der Waals surface area contributed by atoms with Crippen LogP contribution < -0.4 is 9.80 Å². The number of benzene rings is 1. The third-order valence-electron chi connectivity index (χ3n) is 5.23. The zero-order valence-corrected chi connectivity index (χ0v) is 16.6. The van der Waals surface area contributed by atoms with E-state index in [1.54, 1.807) is 17.5 Å². The molecule has 1 fully saturated rings. The van der Waals surface area contributed by atoms with Crippen LogP contribution in [0.25, 0.3) is 5.65 Å². The van der Waals surface area contributed by atoms with Gasteiger partial charge in [-0.3, -0.25) is 4.90 Å². The predicted molar refractivity (Wildman–Crippen MR) is 115 cm³/mol. The maximum atomic E-state index is 4.52. The first-order valence-electron chi connectivity index (χ1n) is 9.45. The van der Waals surface area contributed by atoms with Gasteiger partial charge in [0.25, 0.3) is 0 Å². The molecule has 3 aromatic heterocycles. The number of nitrogens with zero attached hydrogens (tertiary/aromatic N) is 6. The van der Waals surface area contributed by atoms with E-state index in [0.29, 0.717) is 0 Å². The first kappa shape index (κ1) is 17.2. The van der Waals surface area contributed by atoms with E-state index in [0.717, 1.165) is 49.0 Å². The highest BCUT2D eigenvalue weighted by atomic mass is 32.1. The van der Waals surface area contributed by atoms with Crippen LogP contribution in [0.1, 0.15) is 0 Å². The van der Waals surface area contributed by atoms with Gasteiger partial charge in [-0.1, -0.05) is 12.1 Å². The normalized spacial score (nSPS) is 15.2. The zero-order chi connectivity index (χ0) is 18.9. The van der Waals surface area contributed by atoms with Gasteiger partial charge in [0.2, 0.25) is 0 Å². The zero-order valence-electron chi connectivity index (χ0n) is 15.8. The topological polar surface area (TPSA) is 39.9 Å². The van der Waals surface area contributed by atoms with Crippen molar-refractivity contribution in [3.05, 3.63) is 65.6 Å². The quantitative estimate of drug-likeness (QED) is 0.526. The molecule has 0 aliphatic carbocycles. The van der Waals surface area contributed by atoms with Crippen molar-refractivity contribution in [3.8, 4) is 0 Å². The van der Waals surface area contributed by atoms with Crippen molar-refractivity contribution in [2.75, 3.05) is 43.0 Å². The maximum absolute atomic E-state index is 4.52. The largest absolute Gasteiger partial charge is 0.367 e. The van der Waals surface area contributed by atoms with E-state index in [4.69, 9.17) is 0 Å². The minimum Gasteiger partial charge on any atom is -0.367 e. The van der Waals surface area contributed by atoms with Crippen LogP contribution in [-0.4, -0.2) is 52.7 Å². The summed E-state index contributed by atoms with van der Waals surface area (Å²) in [6.07, 6.45) is 3.65. The second-order valence-corrected chi connectivity index (χ2v) is 7.78. The Balaban J connectivity index is 1.67. The summed E-state index contributed by atoms with van der Waals surface area (Å²) >= 11 is 1.70. The number of aromatic nitrogens is 3. The van der Waals surface area contributed by atoms with E-state index in [9.17, 15) is 0 Å². The summed E-state index contributed by atoms with van der Waals surface area (Å²) < 4.78 is 1.90. The molecule has 0 N–H and O–H groups in total. The van der Waals surface area contributed by atoms with Gasteiger partial charge < -0.3 is 9.80 Å². The Morgan fingerprint density at radius 3 is 2.64 bits per heavy atom. The fourth-order valence-electron chi connectivity index (χ4n) is 3.74. The van der Waals surface area contributed by atoms with Gasteiger partial charge in [0.1, 0.15) is 5.82 Å². The molecule has 28 heavy (non-hydrogen) atoms. The highest BCUT2D eigenvalue weighted by molar-refractivity contribution is 7.08. The van der Waals surface area contributed by atoms with Crippen molar-refractivity contribution in [2.45, 2.75) is 0 Å². The molecule has 0 radical (unpaired) electrons. The Morgan fingerprint density at radius 2 is 1.82 bits per heavy atom. The number of rotatable bonds is 4. The van der Waals surface area contributed by atoms with Crippen molar-refractivity contribution >= 4 is 39.9 Å². The van der Waals surface area contributed by atoms with Gasteiger partial charge >= 0.3 is 0 Å². The standard InChI is InChI=1S/C21H22N6S/c1-24-11-13-25(14-12-24)18-4-2-3-5-19(18)26(17-8-15-28-16-17)21-7-9-22-20-6-10-23-27(20)21/h2-10,15-16H,11-14H2,1H3. The van der Waals surface area contributed by atoms with E-state index >= 15 is 0 Å². The van der Waals surface area contributed by atoms with Gasteiger partial charge in [-0.15, -0.1) is 0 Å². The van der Waals surface area contributed by atoms with E-state index in [1.165, 1.54) is 5.69 Å². The molecule has 6 nitrogen and oxygen atoms in total. The van der Waals surface area contributed by atoms with Gasteiger partial charge in [0, 0.05) is 43.8 Å². The summed E-state index contributed by atoms with van der Waals surface area (Å²) in [5, 5.41) is 8.81. The van der Waals surface area contributed by atoms with Crippen LogP contribution in [0.5, 0.6) is 0 Å². The summed E-state index contributed by atoms with van der Waals surface area (Å²) in [5.74, 6) is 0.981. The molecule has 1 aliphatic heterocycles. The first-order chi connectivity index (χ1) is 13.8. The van der Waals surface area contributed by atoms with Crippen molar-refractivity contribution in [3.63, 3.8) is 0 Å². The van der Waals surface area contributed by atoms with Crippen molar-refractivity contribution in [2.24, 2.45) is 0 Å². The van der Waals surface area contributed by atoms with Crippen molar-refractivity contribution in [1.82, 2.24) is 19.5 Å². The molecule has 1 aromatic carbocycles. The Labute approximate surface area is 168 Å². The van der Waals surface area contributed by atoms with Crippen LogP contribution >= 0.6 is 11.3 Å². The molecule has 0 bridgehead atoms. The van der Waals surface area contributed by atoms with Gasteiger partial charge in [0.05, 0.1) is 23.3 Å². The molecule has 4 aromatic rings. The fraction of sp³-hybridized carbons (Fsp3) is 0.238. The summed E-state index contributed by atoms with van der Waals surface area (Å²) in [6, 6.07) is 14.8. The lowest BCUT2D eigenvalue weighted by molar-refractivity contribution is 0.313. The predicted octanol–water partition coefficient (Wildman–Crippen LogP) is 4.01. The SMILES string of the molecule is CN1CCN(c2ccccc2N(c2ccsc2)c2ccnc3ccnn23)CC1. The molecule has 4 heterocycles. The number of hydrogen-bond acceptors (Lipinski definition) is 6. The van der Waals surface area contributed by atoms with E-state index in [1.807, 2.05) is 22.8 Å². The Hall–Kier alpha value is -2.90. The lowest BCUT2D eigenvalue weighted by Gasteiger charge is -2.37. The molecular formula is C21H22N6S. The van der Waals surface area contributed by atoms with Gasteiger partial charge in [-0.25, -0.2) is 4.98 Å². The molecule has 5 rings (SSSR count). The number of piperazine rings is 1. The molecule has 0 amide bonds. The number of thiophene rings is 1. The summed E-state index contributed by atoms with van der Waals surface area (Å²) in [7, 11) is 2.19. The third kappa shape index (κ3) is 3.02. The van der Waals surface area contributed by atoms with E-state index in [2.05, 4.69) is 72.9 Å². The molecule has 0 spiro atoms. The van der Waals surface area contributed by atoms with Gasteiger partial charge in [0.15, 0.2) is 5.65 Å². The average molecular weight is 391 g/mol. The highest BCUT2D eigenvalue weighted by Crippen LogP contribution is 2.41. The molecular weight excluding hydrogens is 368 g/mol. The minimum atomic E-state index is 0.842. The van der Waals surface area contributed by atoms with E-state index in [-0.39, 0.29) is 0 Å². The summed E-state index contributed by atoms with van der Waals surface area (Å²) in [5.41, 5.74) is 4.39. The van der Waals surface area contributed by atoms with Gasteiger partial charge in [-0.05, 0) is 36.7 Å². The number of anilines is 4. The average Bonchev–Trinajstić information content (AvgIpc) is 3.42. The Bertz CT molecular complexity index is 1070. The molecule has 7 heteroatoms. The molecule has 0 unspecified atom stereocenters. The summed E-state index contributed by atoms with van der Waals surface area (Å²) in [4.78, 5) is 11.6. The number of likely N-dealkylation sites (N-methyl/N-ethyl adjacent to an activating group) is 1. The molecule has 0 saturated carbocycles. The van der Waals surface area contributed by atoms with Crippen LogP contribution in [0.4, 0.5) is 22.9 Å². The molecule has 142 valence electrons. The lowest BCUT2D eigenvalue weighted by Crippen LogP contribution is -2.44. The van der Waals surface area contributed by atoms with Crippen LogP contribution in [0.2, 0.25) is 0 Å². The van der Waals surface area contributed by atoms with Crippen LogP contribution in [0.3, 0.4) is 0 Å². The molecule has 1 aliphatic rings. The monoisotopic (exact) mass is 390 g/mol. The second kappa shape index (κ2) is 7.26. The second-order valence-electron chi connectivity index (χ2n) is 7.00. The maximum Gasteiger partial charge on any atom is 0.157 e. The van der Waals surface area contributed by atoms with Crippen molar-refractivity contribution < 1.29 is 0 Å². The van der Waals surface area contributed by atoms with Crippen LogP contribution in [0, 0.1) is 0 Å². The first-order valence-corrected chi connectivity index (χ1v) is 10.4. The van der Waals surface area contributed by atoms with Crippen LogP contribution in [0.15, 0.2) is 65.6 Å². The smallest absolute Gasteiger partial charge is 0.157 e. The summed E-state index contributed by atoms with van der Waals surface area (Å²) in [6.45, 7) is 4.20. The van der Waals surface area contributed by atoms with E-state index < -0.39 is 0 Å². The minimum absolute atomic E-state index is 0.842. The highest BCUT2D eigenvalue weighted by Gasteiger charge is 2.23.